The lowest BCUT2D eigenvalue weighted by Gasteiger charge is -2.23. The number of nitrogens with one attached hydrogen (secondary N) is 1. The Bertz CT molecular complexity index is 307. The number of nitrogens with zero attached hydrogens (tertiary/aromatic N) is 2. The standard InChI is InChI=1S/C7H9N3O2/c1-12-6-4-8-7(11)5-2-3-9-10(5)6/h2-3,6H,4H2,1H3,(H,8,11). The number of fused-ring (bicyclic) bond motifs is 1. The van der Waals surface area contributed by atoms with Crippen molar-refractivity contribution in [1.29, 1.82) is 0 Å². The van der Waals surface area contributed by atoms with Crippen LogP contribution in [0.2, 0.25) is 0 Å². The van der Waals surface area contributed by atoms with E-state index in [1.54, 1.807) is 24.1 Å². The average molecular weight is 167 g/mol. The van der Waals surface area contributed by atoms with Crippen LogP contribution in [-0.2, 0) is 4.74 Å². The van der Waals surface area contributed by atoms with Crippen LogP contribution in [0.25, 0.3) is 0 Å². The van der Waals surface area contributed by atoms with Gasteiger partial charge in [-0.3, -0.25) is 4.79 Å². The van der Waals surface area contributed by atoms with E-state index in [0.29, 0.717) is 12.2 Å². The van der Waals surface area contributed by atoms with Gasteiger partial charge in [-0.15, -0.1) is 0 Å². The summed E-state index contributed by atoms with van der Waals surface area (Å²) >= 11 is 0. The number of methoxy groups -OCH3 is 1. The van der Waals surface area contributed by atoms with Crippen LogP contribution >= 0.6 is 0 Å². The molecule has 1 aromatic heterocycles. The van der Waals surface area contributed by atoms with Gasteiger partial charge in [0.25, 0.3) is 5.91 Å². The Morgan fingerprint density at radius 3 is 3.42 bits per heavy atom. The third kappa shape index (κ3) is 0.902. The molecule has 0 fully saturated rings. The Balaban J connectivity index is 2.42. The van der Waals surface area contributed by atoms with Crippen LogP contribution in [-0.4, -0.2) is 29.3 Å². The van der Waals surface area contributed by atoms with E-state index < -0.39 is 0 Å². The van der Waals surface area contributed by atoms with Crippen LogP contribution in [0, 0.1) is 0 Å². The van der Waals surface area contributed by atoms with Crippen LogP contribution in [0.3, 0.4) is 0 Å². The second-order valence-corrected chi connectivity index (χ2v) is 2.56. The first-order chi connectivity index (χ1) is 5.83. The lowest BCUT2D eigenvalue weighted by atomic mass is 10.3. The predicted molar refractivity (Wildman–Crippen MR) is 40.6 cm³/mol. The lowest BCUT2D eigenvalue weighted by Crippen LogP contribution is -2.39. The van der Waals surface area contributed by atoms with Crippen molar-refractivity contribution >= 4 is 5.91 Å². The molecule has 1 atom stereocenters. The fourth-order valence-corrected chi connectivity index (χ4v) is 1.26. The van der Waals surface area contributed by atoms with Gasteiger partial charge in [0.2, 0.25) is 0 Å². The van der Waals surface area contributed by atoms with Gasteiger partial charge in [-0.05, 0) is 6.07 Å². The first-order valence-corrected chi connectivity index (χ1v) is 3.67. The van der Waals surface area contributed by atoms with Gasteiger partial charge in [-0.2, -0.15) is 5.10 Å². The van der Waals surface area contributed by atoms with Crippen molar-refractivity contribution in [3.05, 3.63) is 18.0 Å². The van der Waals surface area contributed by atoms with Gasteiger partial charge in [-0.25, -0.2) is 4.68 Å². The molecule has 1 aliphatic heterocycles. The van der Waals surface area contributed by atoms with Crippen LogP contribution in [0.5, 0.6) is 0 Å². The highest BCUT2D eigenvalue weighted by atomic mass is 16.5. The first kappa shape index (κ1) is 7.30. The number of aromatic nitrogens is 2. The number of rotatable bonds is 1. The molecular formula is C7H9N3O2. The monoisotopic (exact) mass is 167 g/mol. The van der Waals surface area contributed by atoms with Gasteiger partial charge in [0, 0.05) is 13.3 Å². The predicted octanol–water partition coefficient (Wildman–Crippen LogP) is -0.229. The van der Waals surface area contributed by atoms with Crippen molar-refractivity contribution in [3.63, 3.8) is 0 Å². The molecule has 1 aromatic rings. The summed E-state index contributed by atoms with van der Waals surface area (Å²) in [5, 5.41) is 6.69. The number of hydrogen-bond donors (Lipinski definition) is 1. The molecule has 0 radical (unpaired) electrons. The maximum Gasteiger partial charge on any atom is 0.269 e. The molecule has 5 heteroatoms. The molecule has 0 aliphatic carbocycles. The SMILES string of the molecule is COC1CNC(=O)c2ccnn21. The number of ether oxygens (including phenoxy) is 1. The van der Waals surface area contributed by atoms with Crippen LogP contribution in [0.1, 0.15) is 16.7 Å². The summed E-state index contributed by atoms with van der Waals surface area (Å²) in [7, 11) is 1.59. The maximum absolute atomic E-state index is 11.2. The molecule has 0 aromatic carbocycles. The topological polar surface area (TPSA) is 56.1 Å². The van der Waals surface area contributed by atoms with Gasteiger partial charge in [0.1, 0.15) is 5.69 Å². The number of amides is 1. The average Bonchev–Trinajstić information content (AvgIpc) is 2.54. The largest absolute Gasteiger partial charge is 0.358 e. The summed E-state index contributed by atoms with van der Waals surface area (Å²) in [6.45, 7) is 0.476. The van der Waals surface area contributed by atoms with Crippen molar-refractivity contribution in [3.8, 4) is 0 Å². The summed E-state index contributed by atoms with van der Waals surface area (Å²) in [6, 6.07) is 1.67. The Morgan fingerprint density at radius 1 is 1.83 bits per heavy atom. The zero-order valence-electron chi connectivity index (χ0n) is 6.65. The zero-order chi connectivity index (χ0) is 8.55. The Hall–Kier alpha value is -1.36. The molecular weight excluding hydrogens is 158 g/mol. The summed E-state index contributed by atoms with van der Waals surface area (Å²) in [4.78, 5) is 11.2. The summed E-state index contributed by atoms with van der Waals surface area (Å²) in [6.07, 6.45) is 1.42. The minimum atomic E-state index is -0.173. The maximum atomic E-state index is 11.2. The molecule has 0 spiro atoms. The lowest BCUT2D eigenvalue weighted by molar-refractivity contribution is 0.0223. The molecule has 5 nitrogen and oxygen atoms in total. The van der Waals surface area contributed by atoms with Gasteiger partial charge in [0.05, 0.1) is 6.54 Å². The molecule has 2 heterocycles. The van der Waals surface area contributed by atoms with Crippen LogP contribution in [0.4, 0.5) is 0 Å². The van der Waals surface area contributed by atoms with E-state index in [2.05, 4.69) is 10.4 Å². The Morgan fingerprint density at radius 2 is 2.67 bits per heavy atom. The van der Waals surface area contributed by atoms with E-state index >= 15 is 0 Å². The quantitative estimate of drug-likeness (QED) is 0.628. The highest BCUT2D eigenvalue weighted by Crippen LogP contribution is 2.13. The molecule has 12 heavy (non-hydrogen) atoms. The third-order valence-corrected chi connectivity index (χ3v) is 1.89. The van der Waals surface area contributed by atoms with Crippen LogP contribution in [0.15, 0.2) is 12.3 Å². The molecule has 0 saturated carbocycles. The van der Waals surface area contributed by atoms with E-state index in [1.165, 1.54) is 0 Å². The normalized spacial score (nSPS) is 21.8. The molecule has 0 bridgehead atoms. The van der Waals surface area contributed by atoms with Crippen molar-refractivity contribution in [2.75, 3.05) is 13.7 Å². The summed E-state index contributed by atoms with van der Waals surface area (Å²) < 4.78 is 6.69. The minimum absolute atomic E-state index is 0.0965. The van der Waals surface area contributed by atoms with Gasteiger partial charge < -0.3 is 10.1 Å². The van der Waals surface area contributed by atoms with Gasteiger partial charge in [-0.1, -0.05) is 0 Å². The van der Waals surface area contributed by atoms with Crippen LogP contribution < -0.4 is 5.32 Å². The Kier molecular flexibility index (Phi) is 1.58. The smallest absolute Gasteiger partial charge is 0.269 e. The highest BCUT2D eigenvalue weighted by Gasteiger charge is 2.24. The molecule has 1 unspecified atom stereocenters. The summed E-state index contributed by atoms with van der Waals surface area (Å²) in [5.41, 5.74) is 0.549. The van der Waals surface area contributed by atoms with E-state index in [9.17, 15) is 4.79 Å². The van der Waals surface area contributed by atoms with Crippen molar-refractivity contribution in [2.45, 2.75) is 6.23 Å². The van der Waals surface area contributed by atoms with E-state index in [-0.39, 0.29) is 12.1 Å². The Labute approximate surface area is 69.3 Å². The van der Waals surface area contributed by atoms with E-state index in [0.717, 1.165) is 0 Å². The molecule has 1 amide bonds. The third-order valence-electron chi connectivity index (χ3n) is 1.89. The van der Waals surface area contributed by atoms with Crippen molar-refractivity contribution < 1.29 is 9.53 Å². The fraction of sp³-hybridized carbons (Fsp3) is 0.429. The molecule has 64 valence electrons. The second kappa shape index (κ2) is 2.60. The van der Waals surface area contributed by atoms with E-state index in [1.807, 2.05) is 0 Å². The second-order valence-electron chi connectivity index (χ2n) is 2.56. The fourth-order valence-electron chi connectivity index (χ4n) is 1.26. The number of hydrogen-bond acceptors (Lipinski definition) is 3. The van der Waals surface area contributed by atoms with Gasteiger partial charge in [0.15, 0.2) is 6.23 Å². The van der Waals surface area contributed by atoms with E-state index in [4.69, 9.17) is 4.74 Å². The molecule has 1 aliphatic rings. The first-order valence-electron chi connectivity index (χ1n) is 3.67. The molecule has 0 saturated heterocycles. The number of carbonyl (C=O) groups is 1. The minimum Gasteiger partial charge on any atom is -0.358 e. The van der Waals surface area contributed by atoms with Gasteiger partial charge >= 0.3 is 0 Å². The zero-order valence-corrected chi connectivity index (χ0v) is 6.65. The van der Waals surface area contributed by atoms with Crippen molar-refractivity contribution in [2.24, 2.45) is 0 Å². The molecule has 1 N–H and O–H groups in total. The highest BCUT2D eigenvalue weighted by molar-refractivity contribution is 5.93. The summed E-state index contributed by atoms with van der Waals surface area (Å²) in [5.74, 6) is -0.0965. The molecule has 2 rings (SSSR count). The number of carbonyl (C=O) groups excluding carboxylic acids is 1. The van der Waals surface area contributed by atoms with Crippen molar-refractivity contribution in [1.82, 2.24) is 15.1 Å².